The first-order valence-corrected chi connectivity index (χ1v) is 11.4. The molecule has 2 aromatic carbocycles. The lowest BCUT2D eigenvalue weighted by atomic mass is 10.1. The molecule has 6 nitrogen and oxygen atoms in total. The second-order valence-electron chi connectivity index (χ2n) is 8.17. The molecule has 4 rings (SSSR count). The zero-order valence-electron chi connectivity index (χ0n) is 19.0. The minimum Gasteiger partial charge on any atom is -0.248 e. The van der Waals surface area contributed by atoms with Crippen molar-refractivity contribution in [3.8, 4) is 0 Å². The molecule has 0 aliphatic rings. The van der Waals surface area contributed by atoms with Gasteiger partial charge in [-0.15, -0.1) is 0 Å². The highest BCUT2D eigenvalue weighted by Gasteiger charge is 2.05. The van der Waals surface area contributed by atoms with Crippen molar-refractivity contribution in [3.63, 3.8) is 0 Å². The number of rotatable bonds is 12. The summed E-state index contributed by atoms with van der Waals surface area (Å²) in [7, 11) is 0. The molecule has 4 aromatic rings. The van der Waals surface area contributed by atoms with Crippen LogP contribution < -0.4 is 0 Å². The highest BCUT2D eigenvalue weighted by Crippen LogP contribution is 2.10. The van der Waals surface area contributed by atoms with Gasteiger partial charge >= 0.3 is 0 Å². The van der Waals surface area contributed by atoms with Gasteiger partial charge < -0.3 is 0 Å². The summed E-state index contributed by atoms with van der Waals surface area (Å²) < 4.78 is 3.81. The maximum atomic E-state index is 4.61. The number of aromatic nitrogens is 6. The van der Waals surface area contributed by atoms with Crippen LogP contribution in [0.25, 0.3) is 12.2 Å². The Bertz CT molecular complexity index is 1070. The van der Waals surface area contributed by atoms with Crippen molar-refractivity contribution in [1.82, 2.24) is 29.5 Å². The third-order valence-electron chi connectivity index (χ3n) is 5.59. The predicted octanol–water partition coefficient (Wildman–Crippen LogP) is 5.21. The van der Waals surface area contributed by atoms with E-state index >= 15 is 0 Å². The van der Waals surface area contributed by atoms with Crippen LogP contribution in [0.3, 0.4) is 0 Å². The summed E-state index contributed by atoms with van der Waals surface area (Å²) in [4.78, 5) is 8.92. The van der Waals surface area contributed by atoms with Gasteiger partial charge in [0.1, 0.15) is 12.7 Å². The van der Waals surface area contributed by atoms with E-state index < -0.39 is 0 Å². The number of nitrogens with zero attached hydrogens (tertiary/aromatic N) is 6. The third kappa shape index (κ3) is 6.59. The second kappa shape index (κ2) is 11.2. The van der Waals surface area contributed by atoms with Gasteiger partial charge in [-0.25, -0.2) is 19.3 Å². The molecule has 2 heterocycles. The predicted molar refractivity (Wildman–Crippen MR) is 133 cm³/mol. The van der Waals surface area contributed by atoms with E-state index in [4.69, 9.17) is 0 Å². The fourth-order valence-electron chi connectivity index (χ4n) is 3.68. The van der Waals surface area contributed by atoms with Gasteiger partial charge in [0, 0.05) is 12.8 Å². The van der Waals surface area contributed by atoms with Crippen molar-refractivity contribution in [2.45, 2.75) is 45.2 Å². The summed E-state index contributed by atoms with van der Waals surface area (Å²) >= 11 is 0. The quantitative estimate of drug-likeness (QED) is 0.285. The van der Waals surface area contributed by atoms with Crippen LogP contribution in [0.15, 0.2) is 74.3 Å². The highest BCUT2D eigenvalue weighted by molar-refractivity contribution is 5.47. The fraction of sp³-hybridized carbons (Fsp3) is 0.259. The van der Waals surface area contributed by atoms with Gasteiger partial charge in [-0.1, -0.05) is 80.3 Å². The summed E-state index contributed by atoms with van der Waals surface area (Å²) in [5.41, 5.74) is 4.66. The Morgan fingerprint density at radius 3 is 1.42 bits per heavy atom. The van der Waals surface area contributed by atoms with Crippen molar-refractivity contribution in [2.75, 3.05) is 0 Å². The number of benzene rings is 2. The Kier molecular flexibility index (Phi) is 7.59. The summed E-state index contributed by atoms with van der Waals surface area (Å²) in [6.07, 6.45) is 12.4. The molecular weight excluding hydrogens is 408 g/mol. The summed E-state index contributed by atoms with van der Waals surface area (Å²) in [5, 5.41) is 9.22. The zero-order chi connectivity index (χ0) is 22.9. The molecule has 0 bridgehead atoms. The van der Waals surface area contributed by atoms with Crippen molar-refractivity contribution in [3.05, 3.63) is 108 Å². The van der Waals surface area contributed by atoms with E-state index in [-0.39, 0.29) is 0 Å². The fourth-order valence-corrected chi connectivity index (χ4v) is 3.68. The third-order valence-corrected chi connectivity index (χ3v) is 5.59. The Morgan fingerprint density at radius 1 is 0.606 bits per heavy atom. The van der Waals surface area contributed by atoms with E-state index in [1.807, 2.05) is 34.2 Å². The first kappa shape index (κ1) is 22.4. The molecule has 6 heteroatoms. The molecule has 0 radical (unpaired) electrons. The van der Waals surface area contributed by atoms with E-state index in [0.29, 0.717) is 0 Å². The molecule has 0 aliphatic heterocycles. The minimum atomic E-state index is 0.733. The highest BCUT2D eigenvalue weighted by atomic mass is 15.3. The molecule has 0 fully saturated rings. The van der Waals surface area contributed by atoms with Gasteiger partial charge in [-0.2, -0.15) is 10.2 Å². The molecule has 0 aliphatic carbocycles. The van der Waals surface area contributed by atoms with Gasteiger partial charge in [0.15, 0.2) is 11.6 Å². The van der Waals surface area contributed by atoms with Crippen LogP contribution >= 0.6 is 0 Å². The first-order valence-electron chi connectivity index (χ1n) is 11.4. The first-order chi connectivity index (χ1) is 16.2. The van der Waals surface area contributed by atoms with Crippen molar-refractivity contribution >= 4 is 12.2 Å². The van der Waals surface area contributed by atoms with Gasteiger partial charge in [0.05, 0.1) is 13.1 Å². The average molecular weight is 439 g/mol. The van der Waals surface area contributed by atoms with E-state index in [2.05, 4.69) is 81.9 Å². The van der Waals surface area contributed by atoms with Crippen molar-refractivity contribution < 1.29 is 0 Å². The molecular formula is C27H30N6. The van der Waals surface area contributed by atoms with Crippen molar-refractivity contribution in [2.24, 2.45) is 0 Å². The smallest absolute Gasteiger partial charge is 0.150 e. The molecule has 0 amide bonds. The molecule has 0 spiro atoms. The summed E-state index contributed by atoms with van der Waals surface area (Å²) in [6, 6.07) is 16.7. The minimum absolute atomic E-state index is 0.733. The van der Waals surface area contributed by atoms with Crippen LogP contribution in [0.5, 0.6) is 0 Å². The lowest BCUT2D eigenvalue weighted by Gasteiger charge is -2.02. The van der Waals surface area contributed by atoms with E-state index in [1.165, 1.54) is 11.1 Å². The molecule has 0 unspecified atom stereocenters. The van der Waals surface area contributed by atoms with Crippen LogP contribution in [-0.2, 0) is 25.9 Å². The molecule has 0 atom stereocenters. The lowest BCUT2D eigenvalue weighted by molar-refractivity contribution is 0.622. The van der Waals surface area contributed by atoms with E-state index in [1.54, 1.807) is 0 Å². The number of aryl methyl sites for hydroxylation is 2. The van der Waals surface area contributed by atoms with Crippen LogP contribution in [0.1, 0.15) is 53.2 Å². The Balaban J connectivity index is 1.16. The van der Waals surface area contributed by atoms with Gasteiger partial charge in [-0.3, -0.25) is 0 Å². The zero-order valence-corrected chi connectivity index (χ0v) is 19.0. The molecule has 2 aromatic heterocycles. The van der Waals surface area contributed by atoms with Gasteiger partial charge in [0.25, 0.3) is 0 Å². The van der Waals surface area contributed by atoms with Gasteiger partial charge in [-0.05, 0) is 35.1 Å². The molecule has 0 saturated carbocycles. The molecule has 0 N–H and O–H groups in total. The molecule has 33 heavy (non-hydrogen) atoms. The second-order valence-corrected chi connectivity index (χ2v) is 8.17. The normalized spacial score (nSPS) is 10.9. The summed E-state index contributed by atoms with van der Waals surface area (Å²) in [6.45, 7) is 9.05. The van der Waals surface area contributed by atoms with Crippen LogP contribution in [0.4, 0.5) is 0 Å². The number of unbranched alkanes of at least 4 members (excludes halogenated alkanes) is 2. The largest absolute Gasteiger partial charge is 0.248 e. The van der Waals surface area contributed by atoms with Crippen LogP contribution in [0.2, 0.25) is 0 Å². The topological polar surface area (TPSA) is 61.4 Å². The Hall–Kier alpha value is -3.80. The average Bonchev–Trinajstić information content (AvgIpc) is 3.49. The maximum Gasteiger partial charge on any atom is 0.150 e. The maximum absolute atomic E-state index is 4.61. The summed E-state index contributed by atoms with van der Waals surface area (Å²) in [5.74, 6) is 1.81. The Morgan fingerprint density at radius 2 is 1.03 bits per heavy atom. The van der Waals surface area contributed by atoms with Gasteiger partial charge in [0.2, 0.25) is 0 Å². The standard InChI is InChI=1S/C27H30N6/c1-3-22-10-14-24(15-11-22)18-32-20-28-26(30-32)8-6-5-7-9-27-29-21-33(31-27)19-25-16-12-23(4-2)13-17-25/h3-4,10-17,20-21H,1-2,5-9,18-19H2. The Labute approximate surface area is 195 Å². The lowest BCUT2D eigenvalue weighted by Crippen LogP contribution is -2.01. The molecule has 0 saturated heterocycles. The molecule has 168 valence electrons. The monoisotopic (exact) mass is 438 g/mol. The number of hydrogen-bond donors (Lipinski definition) is 0. The van der Waals surface area contributed by atoms with E-state index in [9.17, 15) is 0 Å². The van der Waals surface area contributed by atoms with Crippen LogP contribution in [-0.4, -0.2) is 29.5 Å². The number of hydrogen-bond acceptors (Lipinski definition) is 4. The van der Waals surface area contributed by atoms with Crippen molar-refractivity contribution in [1.29, 1.82) is 0 Å². The SMILES string of the molecule is C=Cc1ccc(Cn2cnc(CCCCCc3ncn(Cc4ccc(C=C)cc4)n3)n2)cc1. The van der Waals surface area contributed by atoms with E-state index in [0.717, 1.165) is 68.0 Å². The van der Waals surface area contributed by atoms with Crippen LogP contribution in [0, 0.1) is 0 Å².